The number of amides is 1. The van der Waals surface area contributed by atoms with E-state index in [4.69, 9.17) is 15.6 Å². The first-order valence-corrected chi connectivity index (χ1v) is 5.16. The number of hydrogen-bond acceptors (Lipinski definition) is 7. The van der Waals surface area contributed by atoms with Crippen molar-refractivity contribution < 1.29 is 30.0 Å². The highest BCUT2D eigenvalue weighted by atomic mass is 16.6. The van der Waals surface area contributed by atoms with Gasteiger partial charge in [0.15, 0.2) is 11.4 Å². The number of nitrogens with one attached hydrogen (secondary N) is 1. The fraction of sp³-hybridized carbons (Fsp3) is 0.556. The summed E-state index contributed by atoms with van der Waals surface area (Å²) >= 11 is 0. The zero-order valence-corrected chi connectivity index (χ0v) is 9.15. The lowest BCUT2D eigenvalue weighted by Gasteiger charge is -2.12. The van der Waals surface area contributed by atoms with Crippen molar-refractivity contribution in [3.05, 3.63) is 11.4 Å². The van der Waals surface area contributed by atoms with Gasteiger partial charge >= 0.3 is 0 Å². The van der Waals surface area contributed by atoms with E-state index in [2.05, 4.69) is 10.2 Å². The molecular formula is C9H13N3O6. The Bertz CT molecular complexity index is 461. The van der Waals surface area contributed by atoms with E-state index < -0.39 is 42.7 Å². The molecule has 0 unspecified atom stereocenters. The number of primary amides is 1. The third-order valence-electron chi connectivity index (χ3n) is 2.83. The number of aromatic hydroxyl groups is 1. The molecule has 2 heterocycles. The molecule has 1 saturated heterocycles. The maximum Gasteiger partial charge on any atom is 0.270 e. The first-order chi connectivity index (χ1) is 8.47. The van der Waals surface area contributed by atoms with Crippen LogP contribution in [0.15, 0.2) is 0 Å². The van der Waals surface area contributed by atoms with Crippen LogP contribution in [0, 0.1) is 0 Å². The number of nitrogens with two attached hydrogens (primary N) is 1. The van der Waals surface area contributed by atoms with Gasteiger partial charge in [-0.3, -0.25) is 9.89 Å². The van der Waals surface area contributed by atoms with Crippen LogP contribution in [-0.2, 0) is 4.74 Å². The van der Waals surface area contributed by atoms with Crippen molar-refractivity contribution in [1.29, 1.82) is 0 Å². The smallest absolute Gasteiger partial charge is 0.270 e. The lowest BCUT2D eigenvalue weighted by Crippen LogP contribution is -2.32. The lowest BCUT2D eigenvalue weighted by atomic mass is 10.1. The largest absolute Gasteiger partial charge is 0.504 e. The Morgan fingerprint density at radius 1 is 1.44 bits per heavy atom. The molecule has 2 rings (SSSR count). The number of aliphatic hydroxyl groups excluding tert-OH is 3. The summed E-state index contributed by atoms with van der Waals surface area (Å²) in [6.45, 7) is -0.497. The summed E-state index contributed by atoms with van der Waals surface area (Å²) < 4.78 is 5.15. The molecule has 0 aliphatic carbocycles. The number of aromatic nitrogens is 2. The summed E-state index contributed by atoms with van der Waals surface area (Å²) in [7, 11) is 0. The zero-order valence-electron chi connectivity index (χ0n) is 9.15. The molecule has 0 saturated carbocycles. The van der Waals surface area contributed by atoms with Gasteiger partial charge in [-0.1, -0.05) is 0 Å². The molecule has 4 atom stereocenters. The maximum atomic E-state index is 10.9. The number of ether oxygens (including phenoxy) is 1. The molecule has 0 bridgehead atoms. The average molecular weight is 259 g/mol. The predicted molar refractivity (Wildman–Crippen MR) is 55.5 cm³/mol. The fourth-order valence-electron chi connectivity index (χ4n) is 1.85. The number of nitrogens with zero attached hydrogens (tertiary/aromatic N) is 1. The summed E-state index contributed by atoms with van der Waals surface area (Å²) in [4.78, 5) is 10.9. The first kappa shape index (κ1) is 12.8. The average Bonchev–Trinajstić information content (AvgIpc) is 2.82. The summed E-state index contributed by atoms with van der Waals surface area (Å²) in [5, 5.41) is 43.7. The van der Waals surface area contributed by atoms with Crippen LogP contribution in [0.4, 0.5) is 0 Å². The second-order valence-corrected chi connectivity index (χ2v) is 3.96. The SMILES string of the molecule is NC(=O)c1[nH]nc([C@H]2O[C@@H](CO)[C@H](O)[C@@H]2O)c1O. The van der Waals surface area contributed by atoms with Gasteiger partial charge in [0.2, 0.25) is 0 Å². The summed E-state index contributed by atoms with van der Waals surface area (Å²) in [5.74, 6) is -1.46. The number of carbonyl (C=O) groups is 1. The van der Waals surface area contributed by atoms with E-state index in [0.29, 0.717) is 0 Å². The van der Waals surface area contributed by atoms with Gasteiger partial charge < -0.3 is 30.9 Å². The molecule has 18 heavy (non-hydrogen) atoms. The molecule has 1 aromatic heterocycles. The Morgan fingerprint density at radius 2 is 2.11 bits per heavy atom. The fourth-order valence-corrected chi connectivity index (χ4v) is 1.85. The molecule has 0 aromatic carbocycles. The number of aliphatic hydroxyl groups is 3. The van der Waals surface area contributed by atoms with Gasteiger partial charge in [0.25, 0.3) is 5.91 Å². The van der Waals surface area contributed by atoms with Crippen molar-refractivity contribution in [1.82, 2.24) is 10.2 Å². The molecule has 9 heteroatoms. The minimum Gasteiger partial charge on any atom is -0.504 e. The number of hydrogen-bond donors (Lipinski definition) is 6. The Kier molecular flexibility index (Phi) is 3.22. The molecular weight excluding hydrogens is 246 g/mol. The van der Waals surface area contributed by atoms with Crippen molar-refractivity contribution in [2.24, 2.45) is 5.73 Å². The minimum atomic E-state index is -1.38. The van der Waals surface area contributed by atoms with Gasteiger partial charge in [-0.05, 0) is 0 Å². The Hall–Kier alpha value is -1.68. The molecule has 1 aliphatic heterocycles. The Morgan fingerprint density at radius 3 is 2.56 bits per heavy atom. The number of rotatable bonds is 3. The first-order valence-electron chi connectivity index (χ1n) is 5.16. The van der Waals surface area contributed by atoms with Gasteiger partial charge in [0, 0.05) is 0 Å². The lowest BCUT2D eigenvalue weighted by molar-refractivity contribution is -0.0245. The molecule has 100 valence electrons. The van der Waals surface area contributed by atoms with Crippen LogP contribution < -0.4 is 5.73 Å². The van der Waals surface area contributed by atoms with Crippen LogP contribution in [0.5, 0.6) is 5.75 Å². The number of carbonyl (C=O) groups excluding carboxylic acids is 1. The Labute approximate surface area is 101 Å². The molecule has 1 amide bonds. The molecule has 0 radical (unpaired) electrons. The molecule has 7 N–H and O–H groups in total. The highest BCUT2D eigenvalue weighted by molar-refractivity contribution is 5.93. The van der Waals surface area contributed by atoms with E-state index >= 15 is 0 Å². The molecule has 9 nitrogen and oxygen atoms in total. The molecule has 1 aliphatic rings. The molecule has 0 spiro atoms. The van der Waals surface area contributed by atoms with Crippen LogP contribution in [0.3, 0.4) is 0 Å². The molecule has 1 aromatic rings. The van der Waals surface area contributed by atoms with Crippen LogP contribution in [0.1, 0.15) is 22.3 Å². The Balaban J connectivity index is 2.30. The van der Waals surface area contributed by atoms with Crippen molar-refractivity contribution in [3.63, 3.8) is 0 Å². The second-order valence-electron chi connectivity index (χ2n) is 3.96. The van der Waals surface area contributed by atoms with Crippen molar-refractivity contribution in [2.45, 2.75) is 24.4 Å². The summed E-state index contributed by atoms with van der Waals surface area (Å²) in [5.41, 5.74) is 4.52. The number of H-pyrrole nitrogens is 1. The topological polar surface area (TPSA) is 162 Å². The summed E-state index contributed by atoms with van der Waals surface area (Å²) in [6, 6.07) is 0. The van der Waals surface area contributed by atoms with Crippen LogP contribution in [0.25, 0.3) is 0 Å². The quantitative estimate of drug-likeness (QED) is 0.346. The van der Waals surface area contributed by atoms with E-state index in [1.807, 2.05) is 0 Å². The van der Waals surface area contributed by atoms with Crippen LogP contribution in [0.2, 0.25) is 0 Å². The minimum absolute atomic E-state index is 0.147. The second kappa shape index (κ2) is 4.53. The normalized spacial score (nSPS) is 31.7. The van der Waals surface area contributed by atoms with E-state index in [9.17, 15) is 20.1 Å². The zero-order chi connectivity index (χ0) is 13.4. The van der Waals surface area contributed by atoms with Gasteiger partial charge in [-0.25, -0.2) is 0 Å². The standard InChI is InChI=1S/C9H13N3O6/c10-9(17)4-6(15)3(11-12-4)8-7(16)5(14)2(1-13)18-8/h2,5,7-8,13-16H,1H2,(H2,10,17)(H,11,12)/t2-,5-,7-,8+/m0/s1. The third kappa shape index (κ3) is 1.82. The van der Waals surface area contributed by atoms with Crippen molar-refractivity contribution in [2.75, 3.05) is 6.61 Å². The van der Waals surface area contributed by atoms with Crippen molar-refractivity contribution >= 4 is 5.91 Å². The number of aromatic amines is 1. The third-order valence-corrected chi connectivity index (χ3v) is 2.83. The van der Waals surface area contributed by atoms with Crippen LogP contribution >= 0.6 is 0 Å². The maximum absolute atomic E-state index is 10.9. The van der Waals surface area contributed by atoms with Crippen LogP contribution in [-0.4, -0.2) is 61.4 Å². The monoisotopic (exact) mass is 259 g/mol. The predicted octanol–water partition coefficient (Wildman–Crippen LogP) is -2.63. The molecule has 1 fully saturated rings. The van der Waals surface area contributed by atoms with Gasteiger partial charge in [0.05, 0.1) is 6.61 Å². The van der Waals surface area contributed by atoms with Gasteiger partial charge in [-0.2, -0.15) is 5.10 Å². The summed E-state index contributed by atoms with van der Waals surface area (Å²) in [6.07, 6.45) is -4.83. The van der Waals surface area contributed by atoms with Crippen molar-refractivity contribution in [3.8, 4) is 5.75 Å². The highest BCUT2D eigenvalue weighted by Crippen LogP contribution is 2.37. The van der Waals surface area contributed by atoms with E-state index in [0.717, 1.165) is 0 Å². The van der Waals surface area contributed by atoms with E-state index in [-0.39, 0.29) is 11.4 Å². The highest BCUT2D eigenvalue weighted by Gasteiger charge is 2.45. The van der Waals surface area contributed by atoms with Gasteiger partial charge in [-0.15, -0.1) is 0 Å². The van der Waals surface area contributed by atoms with E-state index in [1.54, 1.807) is 0 Å². The van der Waals surface area contributed by atoms with Gasteiger partial charge in [0.1, 0.15) is 30.1 Å². The van der Waals surface area contributed by atoms with E-state index in [1.165, 1.54) is 0 Å².